The minimum absolute atomic E-state index is 0.0991. The van der Waals surface area contributed by atoms with Crippen molar-refractivity contribution in [2.75, 3.05) is 11.9 Å². The van der Waals surface area contributed by atoms with Gasteiger partial charge in [0.15, 0.2) is 5.65 Å². The molecule has 3 aromatic rings. The predicted molar refractivity (Wildman–Crippen MR) is 131 cm³/mol. The fraction of sp³-hybridized carbons (Fsp3) is 0.444. The number of pyridine rings is 2. The number of anilines is 1. The van der Waals surface area contributed by atoms with Gasteiger partial charge in [-0.05, 0) is 49.4 Å². The fourth-order valence-electron chi connectivity index (χ4n) is 7.17. The van der Waals surface area contributed by atoms with Gasteiger partial charge in [-0.3, -0.25) is 14.2 Å². The molecule has 2 aromatic heterocycles. The third-order valence-electron chi connectivity index (χ3n) is 8.05. The van der Waals surface area contributed by atoms with E-state index in [2.05, 4.69) is 15.6 Å². The second-order valence-corrected chi connectivity index (χ2v) is 11.4. The van der Waals surface area contributed by atoms with Gasteiger partial charge in [-0.15, -0.1) is 0 Å². The maximum Gasteiger partial charge on any atom is 0.405 e. The first-order valence-corrected chi connectivity index (χ1v) is 12.7. The number of fused-ring (bicyclic) bond motifs is 1. The van der Waals surface area contributed by atoms with E-state index in [-0.39, 0.29) is 60.6 Å². The molecule has 0 aliphatic heterocycles. The van der Waals surface area contributed by atoms with Gasteiger partial charge in [-0.25, -0.2) is 22.5 Å². The number of benzene rings is 1. The smallest absolute Gasteiger partial charge is 0.361 e. The highest BCUT2D eigenvalue weighted by Gasteiger charge is 2.65. The second-order valence-electron chi connectivity index (χ2n) is 11.4. The molecule has 2 unspecified atom stereocenters. The lowest BCUT2D eigenvalue weighted by molar-refractivity contribution is -0.149. The molecule has 6 nitrogen and oxygen atoms in total. The number of carbonyl (C=O) groups excluding carboxylic acids is 1. The van der Waals surface area contributed by atoms with Gasteiger partial charge in [-0.2, -0.15) is 13.2 Å². The van der Waals surface area contributed by atoms with E-state index in [0.717, 1.165) is 35.0 Å². The molecule has 4 aliphatic carbocycles. The minimum atomic E-state index is -4.57. The molecule has 2 atom stereocenters. The molecule has 2 N–H and O–H groups in total. The van der Waals surface area contributed by atoms with Gasteiger partial charge in [-0.1, -0.05) is 0 Å². The molecule has 13 heteroatoms. The van der Waals surface area contributed by atoms with Crippen molar-refractivity contribution < 1.29 is 35.5 Å². The van der Waals surface area contributed by atoms with E-state index in [9.17, 15) is 31.5 Å². The zero-order valence-electron chi connectivity index (χ0n) is 20.8. The molecule has 4 bridgehead atoms. The van der Waals surface area contributed by atoms with Gasteiger partial charge in [0.2, 0.25) is 5.43 Å². The number of hydrogen-bond donors (Lipinski definition) is 2. The van der Waals surface area contributed by atoms with Gasteiger partial charge in [0.05, 0.1) is 11.1 Å². The van der Waals surface area contributed by atoms with Crippen LogP contribution in [0.4, 0.5) is 36.6 Å². The summed E-state index contributed by atoms with van der Waals surface area (Å²) in [5.41, 5.74) is -6.74. The molecule has 40 heavy (non-hydrogen) atoms. The summed E-state index contributed by atoms with van der Waals surface area (Å²) in [6, 6.07) is 4.73. The molecule has 2 heterocycles. The maximum atomic E-state index is 15.4. The average Bonchev–Trinajstić information content (AvgIpc) is 2.80. The number of halogens is 7. The van der Waals surface area contributed by atoms with Crippen molar-refractivity contribution >= 4 is 22.8 Å². The molecule has 212 valence electrons. The van der Waals surface area contributed by atoms with Crippen LogP contribution in [0.1, 0.15) is 48.9 Å². The van der Waals surface area contributed by atoms with Crippen LogP contribution in [-0.4, -0.2) is 45.1 Å². The van der Waals surface area contributed by atoms with Gasteiger partial charge in [0.25, 0.3) is 5.91 Å². The van der Waals surface area contributed by atoms with Gasteiger partial charge in [0, 0.05) is 37.1 Å². The van der Waals surface area contributed by atoms with Crippen molar-refractivity contribution in [1.29, 1.82) is 0 Å². The van der Waals surface area contributed by atoms with Crippen molar-refractivity contribution in [1.82, 2.24) is 14.9 Å². The largest absolute Gasteiger partial charge is 0.405 e. The standard InChI is InChI=1S/C27H23F7N4O2/c28-15-1-3-19(18(29)5-15)38-9-17(21(39)16-2-4-20(36-22(16)38)35-13-27(32,33)34)23(40)37-26-8-14-6-24(30,11-26)10-25(31,7-14)12-26/h1-5,9,14H,6-8,10-13H2,(H,35,36)(H,37,40). The number of alkyl halides is 5. The lowest BCUT2D eigenvalue weighted by Crippen LogP contribution is -2.68. The Hall–Kier alpha value is -3.64. The summed E-state index contributed by atoms with van der Waals surface area (Å²) in [6.07, 6.45) is -3.30. The SMILES string of the molecule is O=C(NC12CC3CC(F)(CC(F)(C3)C1)C2)c1cn(-c2ccc(F)cc2F)c2nc(NCC(F)(F)F)ccc2c1=O. The summed E-state index contributed by atoms with van der Waals surface area (Å²) in [6.45, 7) is -1.43. The zero-order valence-corrected chi connectivity index (χ0v) is 20.8. The summed E-state index contributed by atoms with van der Waals surface area (Å²) < 4.78 is 98.5. The monoisotopic (exact) mass is 568 g/mol. The molecule has 0 radical (unpaired) electrons. The Morgan fingerprint density at radius 1 is 1.02 bits per heavy atom. The Balaban J connectivity index is 1.44. The van der Waals surface area contributed by atoms with E-state index >= 15 is 8.78 Å². The summed E-state index contributed by atoms with van der Waals surface area (Å²) in [7, 11) is 0. The minimum Gasteiger partial charge on any atom is -0.361 e. The van der Waals surface area contributed by atoms with Crippen LogP contribution in [0.25, 0.3) is 16.7 Å². The van der Waals surface area contributed by atoms with Crippen LogP contribution < -0.4 is 16.1 Å². The third-order valence-corrected chi connectivity index (χ3v) is 8.05. The number of nitrogens with zero attached hydrogens (tertiary/aromatic N) is 2. The van der Waals surface area contributed by atoms with Gasteiger partial charge < -0.3 is 10.6 Å². The van der Waals surface area contributed by atoms with Crippen molar-refractivity contribution in [3.05, 3.63) is 63.9 Å². The highest BCUT2D eigenvalue weighted by molar-refractivity contribution is 5.98. The quantitative estimate of drug-likeness (QED) is 0.398. The van der Waals surface area contributed by atoms with Crippen molar-refractivity contribution in [3.63, 3.8) is 0 Å². The molecule has 4 aliphatic rings. The van der Waals surface area contributed by atoms with Gasteiger partial charge in [0.1, 0.15) is 40.9 Å². The van der Waals surface area contributed by atoms with E-state index in [4.69, 9.17) is 0 Å². The topological polar surface area (TPSA) is 76.0 Å². The number of carbonyl (C=O) groups is 1. The Kier molecular flexibility index (Phi) is 5.77. The Bertz CT molecular complexity index is 1590. The molecule has 1 aromatic carbocycles. The lowest BCUT2D eigenvalue weighted by atomic mass is 9.50. The van der Waals surface area contributed by atoms with Crippen LogP contribution in [0.2, 0.25) is 0 Å². The van der Waals surface area contributed by atoms with Crippen LogP contribution >= 0.6 is 0 Å². The Labute approximate surface area is 222 Å². The first kappa shape index (κ1) is 26.6. The van der Waals surface area contributed by atoms with Crippen molar-refractivity contribution in [3.8, 4) is 5.69 Å². The van der Waals surface area contributed by atoms with Crippen LogP contribution in [-0.2, 0) is 0 Å². The zero-order chi connectivity index (χ0) is 28.7. The van der Waals surface area contributed by atoms with E-state index in [1.165, 1.54) is 0 Å². The Morgan fingerprint density at radius 3 is 2.35 bits per heavy atom. The number of rotatable bonds is 5. The van der Waals surface area contributed by atoms with Crippen LogP contribution in [0.5, 0.6) is 0 Å². The van der Waals surface area contributed by atoms with Crippen LogP contribution in [0.3, 0.4) is 0 Å². The van der Waals surface area contributed by atoms with E-state index in [0.29, 0.717) is 12.5 Å². The lowest BCUT2D eigenvalue weighted by Gasteiger charge is -2.61. The molecule has 0 saturated heterocycles. The number of hydrogen-bond acceptors (Lipinski definition) is 4. The molecule has 4 fully saturated rings. The summed E-state index contributed by atoms with van der Waals surface area (Å²) in [5.74, 6) is -3.48. The summed E-state index contributed by atoms with van der Waals surface area (Å²) in [4.78, 5) is 31.0. The normalized spacial score (nSPS) is 29.1. The van der Waals surface area contributed by atoms with Gasteiger partial charge >= 0.3 is 6.18 Å². The average molecular weight is 568 g/mol. The first-order valence-electron chi connectivity index (χ1n) is 12.7. The van der Waals surface area contributed by atoms with Crippen molar-refractivity contribution in [2.45, 2.75) is 61.6 Å². The first-order chi connectivity index (χ1) is 18.7. The summed E-state index contributed by atoms with van der Waals surface area (Å²) >= 11 is 0. The van der Waals surface area contributed by atoms with Crippen LogP contribution in [0, 0.1) is 17.6 Å². The molecule has 1 amide bonds. The molecule has 0 spiro atoms. The fourth-order valence-corrected chi connectivity index (χ4v) is 7.17. The Morgan fingerprint density at radius 2 is 1.73 bits per heavy atom. The molecule has 7 rings (SSSR count). The van der Waals surface area contributed by atoms with Crippen molar-refractivity contribution in [2.24, 2.45) is 5.92 Å². The molecular weight excluding hydrogens is 545 g/mol. The third kappa shape index (κ3) is 4.68. The highest BCUT2D eigenvalue weighted by Crippen LogP contribution is 2.62. The maximum absolute atomic E-state index is 15.4. The van der Waals surface area contributed by atoms with E-state index in [1.54, 1.807) is 0 Å². The number of aromatic nitrogens is 2. The molecule has 4 saturated carbocycles. The van der Waals surface area contributed by atoms with Crippen LogP contribution in [0.15, 0.2) is 41.3 Å². The highest BCUT2D eigenvalue weighted by atomic mass is 19.4. The number of nitrogens with one attached hydrogen (secondary N) is 2. The molecular formula is C27H23F7N4O2. The summed E-state index contributed by atoms with van der Waals surface area (Å²) in [5, 5.41) is 4.54. The second kappa shape index (κ2) is 8.68. The van der Waals surface area contributed by atoms with E-state index < -0.39 is 58.1 Å². The van der Waals surface area contributed by atoms with E-state index in [1.807, 2.05) is 0 Å². The number of amides is 1. The predicted octanol–water partition coefficient (Wildman–Crippen LogP) is 5.52.